The quantitative estimate of drug-likeness (QED) is 0.649. The van der Waals surface area contributed by atoms with Crippen molar-refractivity contribution >= 4 is 26.9 Å². The first kappa shape index (κ1) is 6.92. The first-order valence-corrected chi connectivity index (χ1v) is 4.20. The number of furan rings is 1. The molecule has 0 N–H and O–H groups in total. The van der Waals surface area contributed by atoms with Crippen molar-refractivity contribution < 1.29 is 4.42 Å². The van der Waals surface area contributed by atoms with Gasteiger partial charge in [0.2, 0.25) is 0 Å². The summed E-state index contributed by atoms with van der Waals surface area (Å²) in [7, 11) is 0. The van der Waals surface area contributed by atoms with Gasteiger partial charge in [-0.3, -0.25) is 0 Å². The molecular formula is C9H7BrO. The molecule has 0 aliphatic rings. The molecule has 0 saturated carbocycles. The fourth-order valence-electron chi connectivity index (χ4n) is 1.20. The number of aryl methyl sites for hydroxylation is 1. The Hall–Kier alpha value is -0.760. The molecule has 2 rings (SSSR count). The fourth-order valence-corrected chi connectivity index (χ4v) is 1.86. The highest BCUT2D eigenvalue weighted by molar-refractivity contribution is 9.10. The predicted octanol–water partition coefficient (Wildman–Crippen LogP) is 3.50. The molecule has 11 heavy (non-hydrogen) atoms. The molecule has 0 aliphatic carbocycles. The van der Waals surface area contributed by atoms with Crippen LogP contribution in [0.25, 0.3) is 11.0 Å². The number of hydrogen-bond donors (Lipinski definition) is 0. The summed E-state index contributed by atoms with van der Waals surface area (Å²) in [5.74, 6) is 0. The Balaban J connectivity index is 2.96. The predicted molar refractivity (Wildman–Crippen MR) is 48.7 cm³/mol. The molecule has 1 aromatic carbocycles. The summed E-state index contributed by atoms with van der Waals surface area (Å²) in [5, 5.41) is 1.17. The van der Waals surface area contributed by atoms with Crippen molar-refractivity contribution in [1.29, 1.82) is 0 Å². The molecule has 0 unspecified atom stereocenters. The van der Waals surface area contributed by atoms with Crippen LogP contribution in [0.2, 0.25) is 0 Å². The number of fused-ring (bicyclic) bond motifs is 1. The molecule has 0 radical (unpaired) electrons. The lowest BCUT2D eigenvalue weighted by atomic mass is 10.2. The average molecular weight is 211 g/mol. The zero-order valence-electron chi connectivity index (χ0n) is 6.10. The molecule has 2 heteroatoms. The minimum atomic E-state index is 0.942. The summed E-state index contributed by atoms with van der Waals surface area (Å²) in [6.07, 6.45) is 1.77. The topological polar surface area (TPSA) is 13.1 Å². The minimum Gasteiger partial charge on any atom is -0.464 e. The molecule has 0 saturated heterocycles. The van der Waals surface area contributed by atoms with Crippen molar-refractivity contribution in [3.05, 3.63) is 34.5 Å². The summed E-state index contributed by atoms with van der Waals surface area (Å²) in [5.41, 5.74) is 2.12. The van der Waals surface area contributed by atoms with E-state index >= 15 is 0 Å². The zero-order chi connectivity index (χ0) is 7.84. The molecular weight excluding hydrogens is 204 g/mol. The second-order valence-electron chi connectivity index (χ2n) is 2.53. The van der Waals surface area contributed by atoms with Gasteiger partial charge in [0.15, 0.2) is 0 Å². The van der Waals surface area contributed by atoms with Gasteiger partial charge in [-0.25, -0.2) is 0 Å². The molecule has 0 fully saturated rings. The Bertz CT molecular complexity index is 389. The molecule has 0 spiro atoms. The number of rotatable bonds is 0. The van der Waals surface area contributed by atoms with Gasteiger partial charge in [0, 0.05) is 9.86 Å². The largest absolute Gasteiger partial charge is 0.464 e. The van der Waals surface area contributed by atoms with E-state index in [0.29, 0.717) is 0 Å². The molecule has 0 amide bonds. The van der Waals surface area contributed by atoms with Gasteiger partial charge >= 0.3 is 0 Å². The van der Waals surface area contributed by atoms with E-state index in [1.165, 1.54) is 10.9 Å². The van der Waals surface area contributed by atoms with Crippen LogP contribution >= 0.6 is 15.9 Å². The number of halogens is 1. The third-order valence-electron chi connectivity index (χ3n) is 1.73. The summed E-state index contributed by atoms with van der Waals surface area (Å²) < 4.78 is 6.40. The molecule has 2 aromatic rings. The Morgan fingerprint density at radius 1 is 1.36 bits per heavy atom. The summed E-state index contributed by atoms with van der Waals surface area (Å²) in [6, 6.07) is 5.95. The van der Waals surface area contributed by atoms with E-state index < -0.39 is 0 Å². The maximum Gasteiger partial charge on any atom is 0.135 e. The van der Waals surface area contributed by atoms with E-state index in [1.807, 2.05) is 25.1 Å². The molecule has 1 aromatic heterocycles. The summed E-state index contributed by atoms with van der Waals surface area (Å²) in [4.78, 5) is 0. The van der Waals surface area contributed by atoms with Crippen LogP contribution < -0.4 is 0 Å². The molecule has 1 nitrogen and oxygen atoms in total. The summed E-state index contributed by atoms with van der Waals surface area (Å²) >= 11 is 3.47. The van der Waals surface area contributed by atoms with Crippen molar-refractivity contribution in [2.24, 2.45) is 0 Å². The van der Waals surface area contributed by atoms with Crippen molar-refractivity contribution in [3.8, 4) is 0 Å². The van der Waals surface area contributed by atoms with E-state index in [9.17, 15) is 0 Å². The van der Waals surface area contributed by atoms with Crippen molar-refractivity contribution in [2.75, 3.05) is 0 Å². The molecule has 0 atom stereocenters. The lowest BCUT2D eigenvalue weighted by Crippen LogP contribution is -1.69. The van der Waals surface area contributed by atoms with Gasteiger partial charge in [0.25, 0.3) is 0 Å². The third kappa shape index (κ3) is 0.979. The molecule has 56 valence electrons. The van der Waals surface area contributed by atoms with Gasteiger partial charge in [-0.2, -0.15) is 0 Å². The first-order valence-electron chi connectivity index (χ1n) is 3.41. The van der Waals surface area contributed by atoms with Gasteiger partial charge in [-0.05, 0) is 24.6 Å². The normalized spacial score (nSPS) is 10.7. The monoisotopic (exact) mass is 210 g/mol. The Morgan fingerprint density at radius 3 is 2.91 bits per heavy atom. The van der Waals surface area contributed by atoms with Crippen LogP contribution in [0.3, 0.4) is 0 Å². The van der Waals surface area contributed by atoms with E-state index in [0.717, 1.165) is 10.1 Å². The first-order chi connectivity index (χ1) is 5.29. The molecule has 0 aliphatic heterocycles. The van der Waals surface area contributed by atoms with Crippen molar-refractivity contribution in [3.63, 3.8) is 0 Å². The molecule has 0 bridgehead atoms. The number of benzene rings is 1. The second-order valence-corrected chi connectivity index (χ2v) is 3.39. The minimum absolute atomic E-state index is 0.942. The van der Waals surface area contributed by atoms with Gasteiger partial charge in [0.05, 0.1) is 6.26 Å². The van der Waals surface area contributed by atoms with Crippen LogP contribution in [0.5, 0.6) is 0 Å². The Kier molecular flexibility index (Phi) is 1.50. The smallest absolute Gasteiger partial charge is 0.135 e. The maximum atomic E-state index is 5.30. The standard InChI is InChI=1S/C9H7BrO/c1-6-5-11-8-4-2-3-7(10)9(6)8/h2-5H,1H3. The van der Waals surface area contributed by atoms with Crippen LogP contribution in [0.1, 0.15) is 5.56 Å². The molecule has 1 heterocycles. The lowest BCUT2D eigenvalue weighted by molar-refractivity contribution is 0.613. The highest BCUT2D eigenvalue weighted by Crippen LogP contribution is 2.27. The third-order valence-corrected chi connectivity index (χ3v) is 2.39. The Morgan fingerprint density at radius 2 is 2.18 bits per heavy atom. The maximum absolute atomic E-state index is 5.30. The zero-order valence-corrected chi connectivity index (χ0v) is 7.68. The van der Waals surface area contributed by atoms with E-state index in [1.54, 1.807) is 6.26 Å². The Labute approximate surface area is 73.1 Å². The highest BCUT2D eigenvalue weighted by atomic mass is 79.9. The second kappa shape index (κ2) is 2.38. The van der Waals surface area contributed by atoms with Crippen LogP contribution in [-0.4, -0.2) is 0 Å². The average Bonchev–Trinajstić information content (AvgIpc) is 2.34. The van der Waals surface area contributed by atoms with E-state index in [2.05, 4.69) is 15.9 Å². The SMILES string of the molecule is Cc1coc2cccc(Br)c12. The summed E-state index contributed by atoms with van der Waals surface area (Å²) in [6.45, 7) is 2.04. The van der Waals surface area contributed by atoms with Gasteiger partial charge in [-0.1, -0.05) is 22.0 Å². The van der Waals surface area contributed by atoms with Crippen LogP contribution in [0, 0.1) is 6.92 Å². The van der Waals surface area contributed by atoms with Crippen LogP contribution in [-0.2, 0) is 0 Å². The van der Waals surface area contributed by atoms with Crippen LogP contribution in [0.15, 0.2) is 33.4 Å². The van der Waals surface area contributed by atoms with Crippen molar-refractivity contribution in [2.45, 2.75) is 6.92 Å². The van der Waals surface area contributed by atoms with Gasteiger partial charge in [0.1, 0.15) is 5.58 Å². The van der Waals surface area contributed by atoms with E-state index in [-0.39, 0.29) is 0 Å². The van der Waals surface area contributed by atoms with Gasteiger partial charge < -0.3 is 4.42 Å². The fraction of sp³-hybridized carbons (Fsp3) is 0.111. The van der Waals surface area contributed by atoms with Crippen LogP contribution in [0.4, 0.5) is 0 Å². The van der Waals surface area contributed by atoms with Crippen molar-refractivity contribution in [1.82, 2.24) is 0 Å². The van der Waals surface area contributed by atoms with E-state index in [4.69, 9.17) is 4.42 Å². The van der Waals surface area contributed by atoms with Gasteiger partial charge in [-0.15, -0.1) is 0 Å². The lowest BCUT2D eigenvalue weighted by Gasteiger charge is -1.91. The number of hydrogen-bond acceptors (Lipinski definition) is 1. The highest BCUT2D eigenvalue weighted by Gasteiger charge is 2.03.